The van der Waals surface area contributed by atoms with Gasteiger partial charge in [0.1, 0.15) is 0 Å². The number of nitrogens with one attached hydrogen (secondary N) is 1. The van der Waals surface area contributed by atoms with Gasteiger partial charge in [-0.05, 0) is 66.3 Å². The Balaban J connectivity index is 2.08. The van der Waals surface area contributed by atoms with Crippen LogP contribution in [0.5, 0.6) is 0 Å². The summed E-state index contributed by atoms with van der Waals surface area (Å²) in [6.07, 6.45) is 4.78. The molecule has 1 rings (SSSR count). The van der Waals surface area contributed by atoms with Gasteiger partial charge in [-0.3, -0.25) is 0 Å². The van der Waals surface area contributed by atoms with Gasteiger partial charge in [-0.15, -0.1) is 0 Å². The molecular weight excluding hydrogens is 238 g/mol. The van der Waals surface area contributed by atoms with Gasteiger partial charge >= 0.3 is 0 Å². The summed E-state index contributed by atoms with van der Waals surface area (Å²) in [4.78, 5) is 4.90. The van der Waals surface area contributed by atoms with Crippen LogP contribution in [-0.4, -0.2) is 74.4 Å². The van der Waals surface area contributed by atoms with E-state index in [4.69, 9.17) is 0 Å². The maximum atomic E-state index is 9.33. The summed E-state index contributed by atoms with van der Waals surface area (Å²) in [6, 6.07) is 0. The summed E-state index contributed by atoms with van der Waals surface area (Å²) in [5.74, 6) is 0.856. The third kappa shape index (κ3) is 6.21. The maximum Gasteiger partial charge on any atom is 0.0610 e. The van der Waals surface area contributed by atoms with Crippen LogP contribution in [0.15, 0.2) is 0 Å². The minimum Gasteiger partial charge on any atom is -0.394 e. The highest BCUT2D eigenvalue weighted by Gasteiger charge is 2.21. The smallest absolute Gasteiger partial charge is 0.0610 e. The number of hydrogen-bond acceptors (Lipinski definition) is 4. The Morgan fingerprint density at radius 3 is 2.68 bits per heavy atom. The van der Waals surface area contributed by atoms with Gasteiger partial charge in [0.05, 0.1) is 6.61 Å². The lowest BCUT2D eigenvalue weighted by molar-refractivity contribution is 0.168. The highest BCUT2D eigenvalue weighted by atomic mass is 16.3. The normalized spacial score (nSPS) is 24.0. The minimum atomic E-state index is -0.104. The van der Waals surface area contributed by atoms with Crippen LogP contribution in [0, 0.1) is 5.92 Å². The molecule has 0 aromatic heterocycles. The van der Waals surface area contributed by atoms with Gasteiger partial charge in [0.2, 0.25) is 0 Å². The zero-order chi connectivity index (χ0) is 14.3. The molecule has 0 bridgehead atoms. The maximum absolute atomic E-state index is 9.33. The molecule has 19 heavy (non-hydrogen) atoms. The van der Waals surface area contributed by atoms with Crippen molar-refractivity contribution in [1.29, 1.82) is 0 Å². The lowest BCUT2D eigenvalue weighted by Crippen LogP contribution is -2.43. The van der Waals surface area contributed by atoms with Gasteiger partial charge in [-0.25, -0.2) is 0 Å². The predicted molar refractivity (Wildman–Crippen MR) is 81.5 cm³/mol. The van der Waals surface area contributed by atoms with E-state index in [1.807, 2.05) is 7.05 Å². The quantitative estimate of drug-likeness (QED) is 0.614. The SMILES string of the molecule is CNC(C)(CO)CCCCN(C)CC1CCN(C)C1. The van der Waals surface area contributed by atoms with Gasteiger partial charge < -0.3 is 20.2 Å². The number of nitrogens with zero attached hydrogens (tertiary/aromatic N) is 2. The van der Waals surface area contributed by atoms with Gasteiger partial charge in [0.15, 0.2) is 0 Å². The van der Waals surface area contributed by atoms with Crippen LogP contribution < -0.4 is 5.32 Å². The average molecular weight is 271 g/mol. The van der Waals surface area contributed by atoms with E-state index in [1.54, 1.807) is 0 Å². The van der Waals surface area contributed by atoms with Gasteiger partial charge in [-0.1, -0.05) is 6.42 Å². The fourth-order valence-corrected chi connectivity index (χ4v) is 2.89. The molecule has 1 heterocycles. The highest BCUT2D eigenvalue weighted by molar-refractivity contribution is 4.80. The van der Waals surface area contributed by atoms with Gasteiger partial charge in [0, 0.05) is 18.6 Å². The Morgan fingerprint density at radius 1 is 1.42 bits per heavy atom. The topological polar surface area (TPSA) is 38.7 Å². The molecule has 0 aromatic rings. The summed E-state index contributed by atoms with van der Waals surface area (Å²) in [5, 5.41) is 12.5. The third-order valence-electron chi connectivity index (χ3n) is 4.53. The number of likely N-dealkylation sites (N-methyl/N-ethyl adjacent to an activating group) is 1. The van der Waals surface area contributed by atoms with Crippen molar-refractivity contribution in [1.82, 2.24) is 15.1 Å². The van der Waals surface area contributed by atoms with E-state index in [9.17, 15) is 5.11 Å². The van der Waals surface area contributed by atoms with E-state index in [0.717, 1.165) is 12.3 Å². The van der Waals surface area contributed by atoms with Crippen molar-refractivity contribution in [2.75, 3.05) is 53.9 Å². The van der Waals surface area contributed by atoms with E-state index in [0.29, 0.717) is 0 Å². The Morgan fingerprint density at radius 2 is 2.16 bits per heavy atom. The second-order valence-electron chi connectivity index (χ2n) is 6.61. The summed E-state index contributed by atoms with van der Waals surface area (Å²) < 4.78 is 0. The molecule has 1 fully saturated rings. The third-order valence-corrected chi connectivity index (χ3v) is 4.53. The fraction of sp³-hybridized carbons (Fsp3) is 1.00. The number of aliphatic hydroxyl groups is 1. The predicted octanol–water partition coefficient (Wildman–Crippen LogP) is 1.01. The molecular formula is C15H33N3O. The molecule has 114 valence electrons. The summed E-state index contributed by atoms with van der Waals surface area (Å²) in [7, 11) is 6.38. The number of rotatable bonds is 9. The molecule has 1 aliphatic heterocycles. The number of hydrogen-bond donors (Lipinski definition) is 2. The first kappa shape index (κ1) is 16.9. The highest BCUT2D eigenvalue weighted by Crippen LogP contribution is 2.16. The molecule has 0 amide bonds. The molecule has 2 N–H and O–H groups in total. The van der Waals surface area contributed by atoms with Crippen molar-refractivity contribution in [2.45, 2.75) is 38.1 Å². The first-order valence-electron chi connectivity index (χ1n) is 7.66. The minimum absolute atomic E-state index is 0.104. The summed E-state index contributed by atoms with van der Waals surface area (Å²) >= 11 is 0. The molecule has 4 heteroatoms. The van der Waals surface area contributed by atoms with Crippen molar-refractivity contribution in [3.05, 3.63) is 0 Å². The monoisotopic (exact) mass is 271 g/mol. The van der Waals surface area contributed by atoms with Crippen LogP contribution in [0.1, 0.15) is 32.6 Å². The molecule has 0 aromatic carbocycles. The molecule has 0 aliphatic carbocycles. The van der Waals surface area contributed by atoms with Crippen LogP contribution in [0.2, 0.25) is 0 Å². The fourth-order valence-electron chi connectivity index (χ4n) is 2.89. The van der Waals surface area contributed by atoms with Crippen molar-refractivity contribution in [2.24, 2.45) is 5.92 Å². The lowest BCUT2D eigenvalue weighted by atomic mass is 9.96. The Labute approximate surface area is 119 Å². The van der Waals surface area contributed by atoms with E-state index < -0.39 is 0 Å². The average Bonchev–Trinajstić information content (AvgIpc) is 2.80. The van der Waals surface area contributed by atoms with E-state index in [2.05, 4.69) is 36.1 Å². The Hall–Kier alpha value is -0.160. The second-order valence-corrected chi connectivity index (χ2v) is 6.61. The molecule has 0 spiro atoms. The first-order chi connectivity index (χ1) is 8.99. The molecule has 4 nitrogen and oxygen atoms in total. The van der Waals surface area contributed by atoms with E-state index in [1.165, 1.54) is 45.4 Å². The Kier molecular flexibility index (Phi) is 7.29. The van der Waals surface area contributed by atoms with Crippen LogP contribution in [0.25, 0.3) is 0 Å². The van der Waals surface area contributed by atoms with Crippen molar-refractivity contribution in [3.8, 4) is 0 Å². The summed E-state index contributed by atoms with van der Waals surface area (Å²) in [6.45, 7) is 7.22. The zero-order valence-corrected chi connectivity index (χ0v) is 13.3. The standard InChI is InChI=1S/C15H33N3O/c1-15(13-19,16-2)8-5-6-9-17(3)11-14-7-10-18(4)12-14/h14,16,19H,5-13H2,1-4H3. The first-order valence-corrected chi connectivity index (χ1v) is 7.66. The Bertz CT molecular complexity index is 244. The number of aliphatic hydroxyl groups excluding tert-OH is 1. The number of likely N-dealkylation sites (tertiary alicyclic amines) is 1. The van der Waals surface area contributed by atoms with Crippen molar-refractivity contribution in [3.63, 3.8) is 0 Å². The number of unbranched alkanes of at least 4 members (excludes halogenated alkanes) is 1. The largest absolute Gasteiger partial charge is 0.394 e. The molecule has 1 saturated heterocycles. The zero-order valence-electron chi connectivity index (χ0n) is 13.3. The molecule has 2 atom stereocenters. The summed E-state index contributed by atoms with van der Waals surface area (Å²) in [5.41, 5.74) is -0.104. The van der Waals surface area contributed by atoms with Gasteiger partial charge in [0.25, 0.3) is 0 Å². The lowest BCUT2D eigenvalue weighted by Gasteiger charge is -2.27. The van der Waals surface area contributed by atoms with Gasteiger partial charge in [-0.2, -0.15) is 0 Å². The van der Waals surface area contributed by atoms with E-state index >= 15 is 0 Å². The van der Waals surface area contributed by atoms with Crippen LogP contribution >= 0.6 is 0 Å². The molecule has 0 radical (unpaired) electrons. The van der Waals surface area contributed by atoms with Crippen LogP contribution in [0.3, 0.4) is 0 Å². The molecule has 2 unspecified atom stereocenters. The van der Waals surface area contributed by atoms with E-state index in [-0.39, 0.29) is 12.1 Å². The van der Waals surface area contributed by atoms with Crippen LogP contribution in [-0.2, 0) is 0 Å². The van der Waals surface area contributed by atoms with Crippen molar-refractivity contribution >= 4 is 0 Å². The molecule has 0 saturated carbocycles. The van der Waals surface area contributed by atoms with Crippen LogP contribution in [0.4, 0.5) is 0 Å². The second kappa shape index (κ2) is 8.20. The van der Waals surface area contributed by atoms with Crippen molar-refractivity contribution < 1.29 is 5.11 Å². The molecule has 1 aliphatic rings.